The molecule has 0 aliphatic heterocycles. The Balaban J connectivity index is 1.77. The summed E-state index contributed by atoms with van der Waals surface area (Å²) in [4.78, 5) is 16.3. The zero-order chi connectivity index (χ0) is 20.1. The Labute approximate surface area is 167 Å². The molecule has 0 radical (unpaired) electrons. The Morgan fingerprint density at radius 1 is 1.04 bits per heavy atom. The number of sulfonamides is 1. The Hall–Kier alpha value is -3.10. The summed E-state index contributed by atoms with van der Waals surface area (Å²) in [7, 11) is -2.30. The van der Waals surface area contributed by atoms with Gasteiger partial charge in [-0.2, -0.15) is 0 Å². The van der Waals surface area contributed by atoms with Crippen molar-refractivity contribution in [2.24, 2.45) is 0 Å². The summed E-state index contributed by atoms with van der Waals surface area (Å²) in [6.07, 6.45) is 2.96. The normalized spacial score (nSPS) is 10.9. The highest BCUT2D eigenvalue weighted by molar-refractivity contribution is 7.92. The maximum absolute atomic E-state index is 12.5. The SMILES string of the molecule is COc1ccc(Cl)cc1NC(=O)c1ccc(S(=O)(=O)Nc2ccncc2)cc1. The van der Waals surface area contributed by atoms with Crippen LogP contribution < -0.4 is 14.8 Å². The number of rotatable bonds is 6. The Morgan fingerprint density at radius 3 is 2.36 bits per heavy atom. The van der Waals surface area contributed by atoms with Crippen molar-refractivity contribution in [3.8, 4) is 5.75 Å². The molecule has 0 unspecified atom stereocenters. The lowest BCUT2D eigenvalue weighted by molar-refractivity contribution is 0.102. The summed E-state index contributed by atoms with van der Waals surface area (Å²) in [6, 6.07) is 13.5. The van der Waals surface area contributed by atoms with E-state index in [2.05, 4.69) is 15.0 Å². The molecule has 1 amide bonds. The number of methoxy groups -OCH3 is 1. The van der Waals surface area contributed by atoms with E-state index in [0.29, 0.717) is 22.1 Å². The van der Waals surface area contributed by atoms with Gasteiger partial charge in [0.15, 0.2) is 0 Å². The lowest BCUT2D eigenvalue weighted by Crippen LogP contribution is -2.15. The fraction of sp³-hybridized carbons (Fsp3) is 0.0526. The minimum atomic E-state index is -3.78. The van der Waals surface area contributed by atoms with Gasteiger partial charge in [-0.3, -0.25) is 14.5 Å². The molecule has 1 heterocycles. The monoisotopic (exact) mass is 417 g/mol. The summed E-state index contributed by atoms with van der Waals surface area (Å²) in [5.41, 5.74) is 1.09. The molecule has 2 aromatic carbocycles. The average Bonchev–Trinajstić information content (AvgIpc) is 2.69. The summed E-state index contributed by atoms with van der Waals surface area (Å²) in [5.74, 6) is 0.0325. The molecular weight excluding hydrogens is 402 g/mol. The van der Waals surface area contributed by atoms with E-state index in [-0.39, 0.29) is 10.5 Å². The first-order chi connectivity index (χ1) is 13.4. The number of hydrogen-bond acceptors (Lipinski definition) is 5. The van der Waals surface area contributed by atoms with E-state index >= 15 is 0 Å². The number of aromatic nitrogens is 1. The molecule has 0 saturated heterocycles. The standard InChI is InChI=1S/C19H16ClN3O4S/c1-27-18-7-4-14(20)12-17(18)22-19(24)13-2-5-16(6-3-13)28(25,26)23-15-8-10-21-11-9-15/h2-12H,1H3,(H,21,23)(H,22,24). The molecular formula is C19H16ClN3O4S. The van der Waals surface area contributed by atoms with E-state index in [9.17, 15) is 13.2 Å². The summed E-state index contributed by atoms with van der Waals surface area (Å²) in [6.45, 7) is 0. The minimum Gasteiger partial charge on any atom is -0.495 e. The highest BCUT2D eigenvalue weighted by atomic mass is 35.5. The van der Waals surface area contributed by atoms with Gasteiger partial charge in [-0.15, -0.1) is 0 Å². The second kappa shape index (κ2) is 8.28. The molecule has 144 valence electrons. The number of hydrogen-bond donors (Lipinski definition) is 2. The lowest BCUT2D eigenvalue weighted by Gasteiger charge is -2.11. The van der Waals surface area contributed by atoms with E-state index < -0.39 is 15.9 Å². The number of ether oxygens (including phenoxy) is 1. The van der Waals surface area contributed by atoms with Gasteiger partial charge in [0.1, 0.15) is 5.75 Å². The van der Waals surface area contributed by atoms with Crippen molar-refractivity contribution in [2.75, 3.05) is 17.1 Å². The molecule has 0 atom stereocenters. The molecule has 0 fully saturated rings. The van der Waals surface area contributed by atoms with Crippen molar-refractivity contribution in [1.29, 1.82) is 0 Å². The number of nitrogens with zero attached hydrogens (tertiary/aromatic N) is 1. The van der Waals surface area contributed by atoms with Crippen molar-refractivity contribution in [2.45, 2.75) is 4.90 Å². The van der Waals surface area contributed by atoms with Crippen LogP contribution >= 0.6 is 11.6 Å². The summed E-state index contributed by atoms with van der Waals surface area (Å²) in [5, 5.41) is 3.14. The Kier molecular flexibility index (Phi) is 5.81. The third-order valence-corrected chi connectivity index (χ3v) is 5.40. The molecule has 3 aromatic rings. The van der Waals surface area contributed by atoms with E-state index in [1.165, 1.54) is 55.9 Å². The number of carbonyl (C=O) groups excluding carboxylic acids is 1. The second-order valence-electron chi connectivity index (χ2n) is 5.66. The number of halogens is 1. The maximum Gasteiger partial charge on any atom is 0.261 e. The highest BCUT2D eigenvalue weighted by Gasteiger charge is 2.16. The van der Waals surface area contributed by atoms with Crippen molar-refractivity contribution < 1.29 is 17.9 Å². The predicted octanol–water partition coefficient (Wildman–Crippen LogP) is 3.80. The quantitative estimate of drug-likeness (QED) is 0.635. The molecule has 7 nitrogen and oxygen atoms in total. The summed E-state index contributed by atoms with van der Waals surface area (Å²) < 4.78 is 32.5. The van der Waals surface area contributed by atoms with Gasteiger partial charge in [0.25, 0.3) is 15.9 Å². The Bertz CT molecular complexity index is 1090. The van der Waals surface area contributed by atoms with Crippen LogP contribution in [-0.4, -0.2) is 26.4 Å². The van der Waals surface area contributed by atoms with E-state index in [0.717, 1.165) is 0 Å². The zero-order valence-electron chi connectivity index (χ0n) is 14.7. The van der Waals surface area contributed by atoms with Gasteiger partial charge in [-0.25, -0.2) is 8.42 Å². The highest BCUT2D eigenvalue weighted by Crippen LogP contribution is 2.28. The first-order valence-corrected chi connectivity index (χ1v) is 9.93. The van der Waals surface area contributed by atoms with Crippen LogP contribution in [0.5, 0.6) is 5.75 Å². The fourth-order valence-corrected chi connectivity index (χ4v) is 3.62. The van der Waals surface area contributed by atoms with Gasteiger partial charge in [0.2, 0.25) is 0 Å². The van der Waals surface area contributed by atoms with E-state index in [4.69, 9.17) is 16.3 Å². The summed E-state index contributed by atoms with van der Waals surface area (Å²) >= 11 is 5.96. The third kappa shape index (κ3) is 4.59. The van der Waals surface area contributed by atoms with Crippen molar-refractivity contribution in [1.82, 2.24) is 4.98 Å². The van der Waals surface area contributed by atoms with Gasteiger partial charge in [-0.1, -0.05) is 11.6 Å². The molecule has 0 spiro atoms. The topological polar surface area (TPSA) is 97.4 Å². The van der Waals surface area contributed by atoms with Crippen LogP contribution in [0.1, 0.15) is 10.4 Å². The first kappa shape index (κ1) is 19.7. The predicted molar refractivity (Wildman–Crippen MR) is 107 cm³/mol. The molecule has 3 rings (SSSR count). The molecule has 0 aliphatic rings. The molecule has 9 heteroatoms. The van der Waals surface area contributed by atoms with Crippen LogP contribution in [0.2, 0.25) is 5.02 Å². The lowest BCUT2D eigenvalue weighted by atomic mass is 10.2. The van der Waals surface area contributed by atoms with Crippen molar-refractivity contribution in [3.05, 3.63) is 77.6 Å². The van der Waals surface area contributed by atoms with Crippen LogP contribution in [0, 0.1) is 0 Å². The molecule has 28 heavy (non-hydrogen) atoms. The van der Waals surface area contributed by atoms with Crippen molar-refractivity contribution >= 4 is 38.9 Å². The second-order valence-corrected chi connectivity index (χ2v) is 7.78. The third-order valence-electron chi connectivity index (χ3n) is 3.77. The van der Waals surface area contributed by atoms with Gasteiger partial charge >= 0.3 is 0 Å². The Morgan fingerprint density at radius 2 is 1.71 bits per heavy atom. The smallest absolute Gasteiger partial charge is 0.261 e. The van der Waals surface area contributed by atoms with Crippen LogP contribution in [-0.2, 0) is 10.0 Å². The first-order valence-electron chi connectivity index (χ1n) is 8.07. The number of benzene rings is 2. The van der Waals surface area contributed by atoms with Gasteiger partial charge in [0, 0.05) is 23.0 Å². The number of pyridine rings is 1. The largest absolute Gasteiger partial charge is 0.495 e. The van der Waals surface area contributed by atoms with E-state index in [1.54, 1.807) is 18.2 Å². The molecule has 0 bridgehead atoms. The van der Waals surface area contributed by atoms with Crippen molar-refractivity contribution in [3.63, 3.8) is 0 Å². The molecule has 0 saturated carbocycles. The number of anilines is 2. The maximum atomic E-state index is 12.5. The minimum absolute atomic E-state index is 0.0289. The molecule has 2 N–H and O–H groups in total. The molecule has 1 aromatic heterocycles. The number of amides is 1. The fourth-order valence-electron chi connectivity index (χ4n) is 2.39. The van der Waals surface area contributed by atoms with Gasteiger partial charge in [0.05, 0.1) is 23.4 Å². The van der Waals surface area contributed by atoms with Crippen LogP contribution in [0.15, 0.2) is 71.9 Å². The van der Waals surface area contributed by atoms with Crippen LogP contribution in [0.25, 0.3) is 0 Å². The van der Waals surface area contributed by atoms with E-state index in [1.807, 2.05) is 0 Å². The van der Waals surface area contributed by atoms with Crippen LogP contribution in [0.4, 0.5) is 11.4 Å². The average molecular weight is 418 g/mol. The number of nitrogens with one attached hydrogen (secondary N) is 2. The van der Waals surface area contributed by atoms with Gasteiger partial charge in [-0.05, 0) is 54.6 Å². The zero-order valence-corrected chi connectivity index (χ0v) is 16.3. The van der Waals surface area contributed by atoms with Gasteiger partial charge < -0.3 is 10.1 Å². The molecule has 0 aliphatic carbocycles. The van der Waals surface area contributed by atoms with Crippen LogP contribution in [0.3, 0.4) is 0 Å². The number of carbonyl (C=O) groups is 1.